The maximum Gasteiger partial charge on any atom is 0.307 e. The van der Waals surface area contributed by atoms with E-state index < -0.39 is 0 Å². The monoisotopic (exact) mass is 210 g/mol. The number of aryl methyl sites for hydroxylation is 1. The Balaban J connectivity index is 2.50. The van der Waals surface area contributed by atoms with Gasteiger partial charge in [-0.25, -0.2) is 4.98 Å². The van der Waals surface area contributed by atoms with Gasteiger partial charge in [0.25, 0.3) is 0 Å². The molecule has 0 radical (unpaired) electrons. The van der Waals surface area contributed by atoms with E-state index >= 15 is 0 Å². The predicted octanol–water partition coefficient (Wildman–Crippen LogP) is 1.96. The third kappa shape index (κ3) is 3.38. The Kier molecular flexibility index (Phi) is 4.34. The summed E-state index contributed by atoms with van der Waals surface area (Å²) in [6, 6.07) is 0. The molecule has 1 aromatic heterocycles. The molecule has 0 saturated carbocycles. The van der Waals surface area contributed by atoms with E-state index in [2.05, 4.69) is 18.8 Å². The molecule has 0 atom stereocenters. The summed E-state index contributed by atoms with van der Waals surface area (Å²) in [4.78, 5) is 15.4. The fourth-order valence-electron chi connectivity index (χ4n) is 1.46. The summed E-state index contributed by atoms with van der Waals surface area (Å²) in [7, 11) is 0. The predicted molar refractivity (Wildman–Crippen MR) is 57.6 cm³/mol. The summed E-state index contributed by atoms with van der Waals surface area (Å²) in [6.07, 6.45) is 4.07. The minimum absolute atomic E-state index is 0.152. The molecule has 4 heteroatoms. The summed E-state index contributed by atoms with van der Waals surface area (Å²) in [5.74, 6) is 1.24. The van der Waals surface area contributed by atoms with Gasteiger partial charge in [-0.15, -0.1) is 0 Å². The highest BCUT2D eigenvalue weighted by Crippen LogP contribution is 2.12. The van der Waals surface area contributed by atoms with Crippen LogP contribution in [0.25, 0.3) is 0 Å². The Hall–Kier alpha value is -1.32. The van der Waals surface area contributed by atoms with E-state index in [1.54, 1.807) is 6.20 Å². The molecule has 4 nitrogen and oxygen atoms in total. The van der Waals surface area contributed by atoms with E-state index in [1.165, 1.54) is 0 Å². The zero-order chi connectivity index (χ0) is 11.3. The van der Waals surface area contributed by atoms with Gasteiger partial charge >= 0.3 is 5.97 Å². The maximum absolute atomic E-state index is 11.2. The quantitative estimate of drug-likeness (QED) is 0.698. The van der Waals surface area contributed by atoms with E-state index in [4.69, 9.17) is 4.74 Å². The van der Waals surface area contributed by atoms with Crippen LogP contribution in [0.15, 0.2) is 12.4 Å². The van der Waals surface area contributed by atoms with Crippen molar-refractivity contribution in [2.24, 2.45) is 0 Å². The standard InChI is InChI=1S/C11H18N2O2/c1-4-15-10(14)5-7-13-8-6-12-11(13)9(2)3/h6,8-9H,4-5,7H2,1-3H3. The Morgan fingerprint density at radius 2 is 2.33 bits per heavy atom. The fourth-order valence-corrected chi connectivity index (χ4v) is 1.46. The molecule has 0 unspecified atom stereocenters. The summed E-state index contributed by atoms with van der Waals surface area (Å²) >= 11 is 0. The van der Waals surface area contributed by atoms with Crippen molar-refractivity contribution in [3.05, 3.63) is 18.2 Å². The molecule has 1 rings (SSSR count). The third-order valence-electron chi connectivity index (χ3n) is 2.13. The molecule has 0 aliphatic rings. The average molecular weight is 210 g/mol. The SMILES string of the molecule is CCOC(=O)CCn1ccnc1C(C)C. The minimum atomic E-state index is -0.152. The van der Waals surface area contributed by atoms with Gasteiger partial charge in [-0.3, -0.25) is 4.79 Å². The van der Waals surface area contributed by atoms with Gasteiger partial charge in [-0.1, -0.05) is 13.8 Å². The molecule has 1 heterocycles. The number of nitrogens with zero attached hydrogens (tertiary/aromatic N) is 2. The normalized spacial score (nSPS) is 10.7. The number of carbonyl (C=O) groups is 1. The van der Waals surface area contributed by atoms with Gasteiger partial charge in [0.05, 0.1) is 13.0 Å². The van der Waals surface area contributed by atoms with E-state index in [0.29, 0.717) is 25.5 Å². The lowest BCUT2D eigenvalue weighted by Crippen LogP contribution is -2.11. The van der Waals surface area contributed by atoms with E-state index in [-0.39, 0.29) is 5.97 Å². The molecular weight excluding hydrogens is 192 g/mol. The van der Waals surface area contributed by atoms with Crippen LogP contribution >= 0.6 is 0 Å². The molecule has 15 heavy (non-hydrogen) atoms. The van der Waals surface area contributed by atoms with Crippen molar-refractivity contribution in [2.75, 3.05) is 6.61 Å². The van der Waals surface area contributed by atoms with Crippen LogP contribution in [-0.4, -0.2) is 22.1 Å². The molecule has 0 fully saturated rings. The largest absolute Gasteiger partial charge is 0.466 e. The molecule has 0 spiro atoms. The Morgan fingerprint density at radius 1 is 1.60 bits per heavy atom. The number of hydrogen-bond acceptors (Lipinski definition) is 3. The minimum Gasteiger partial charge on any atom is -0.466 e. The first-order chi connectivity index (χ1) is 7.15. The molecule has 0 saturated heterocycles. The molecule has 1 aromatic rings. The summed E-state index contributed by atoms with van der Waals surface area (Å²) in [5, 5.41) is 0. The average Bonchev–Trinajstić information content (AvgIpc) is 2.63. The molecule has 0 aliphatic carbocycles. The topological polar surface area (TPSA) is 44.1 Å². The van der Waals surface area contributed by atoms with Gasteiger partial charge in [-0.05, 0) is 6.92 Å². The van der Waals surface area contributed by atoms with Gasteiger partial charge in [0.2, 0.25) is 0 Å². The summed E-state index contributed by atoms with van der Waals surface area (Å²) in [6.45, 7) is 7.08. The van der Waals surface area contributed by atoms with Crippen LogP contribution in [-0.2, 0) is 16.1 Å². The highest BCUT2D eigenvalue weighted by molar-refractivity contribution is 5.69. The van der Waals surface area contributed by atoms with Crippen molar-refractivity contribution in [3.63, 3.8) is 0 Å². The number of ether oxygens (including phenoxy) is 1. The van der Waals surface area contributed by atoms with E-state index in [9.17, 15) is 4.79 Å². The van der Waals surface area contributed by atoms with Crippen molar-refractivity contribution in [1.29, 1.82) is 0 Å². The first-order valence-corrected chi connectivity index (χ1v) is 5.31. The van der Waals surface area contributed by atoms with Crippen LogP contribution in [0.2, 0.25) is 0 Å². The first kappa shape index (κ1) is 11.8. The van der Waals surface area contributed by atoms with Gasteiger partial charge in [-0.2, -0.15) is 0 Å². The van der Waals surface area contributed by atoms with Crippen LogP contribution in [0.3, 0.4) is 0 Å². The van der Waals surface area contributed by atoms with Gasteiger partial charge in [0.1, 0.15) is 5.82 Å². The lowest BCUT2D eigenvalue weighted by Gasteiger charge is -2.09. The number of hydrogen-bond donors (Lipinski definition) is 0. The second-order valence-electron chi connectivity index (χ2n) is 3.69. The van der Waals surface area contributed by atoms with Gasteiger partial charge in [0, 0.05) is 24.9 Å². The van der Waals surface area contributed by atoms with Crippen LogP contribution in [0.5, 0.6) is 0 Å². The highest BCUT2D eigenvalue weighted by Gasteiger charge is 2.08. The molecule has 0 aromatic carbocycles. The number of carbonyl (C=O) groups excluding carboxylic acids is 1. The smallest absolute Gasteiger partial charge is 0.307 e. The summed E-state index contributed by atoms with van der Waals surface area (Å²) in [5.41, 5.74) is 0. The van der Waals surface area contributed by atoms with E-state index in [0.717, 1.165) is 5.82 Å². The maximum atomic E-state index is 11.2. The van der Waals surface area contributed by atoms with Crippen molar-refractivity contribution >= 4 is 5.97 Å². The van der Waals surface area contributed by atoms with Gasteiger partial charge < -0.3 is 9.30 Å². The fraction of sp³-hybridized carbons (Fsp3) is 0.636. The molecule has 0 aliphatic heterocycles. The van der Waals surface area contributed by atoms with Crippen molar-refractivity contribution in [1.82, 2.24) is 9.55 Å². The van der Waals surface area contributed by atoms with Crippen LogP contribution in [0.1, 0.15) is 38.9 Å². The lowest BCUT2D eigenvalue weighted by atomic mass is 10.2. The highest BCUT2D eigenvalue weighted by atomic mass is 16.5. The Morgan fingerprint density at radius 3 is 2.93 bits per heavy atom. The molecule has 0 N–H and O–H groups in total. The van der Waals surface area contributed by atoms with E-state index in [1.807, 2.05) is 17.7 Å². The zero-order valence-electron chi connectivity index (χ0n) is 9.56. The first-order valence-electron chi connectivity index (χ1n) is 5.31. The number of aromatic nitrogens is 2. The number of imidazole rings is 1. The Bertz CT molecular complexity index is 318. The Labute approximate surface area is 90.3 Å². The summed E-state index contributed by atoms with van der Waals surface area (Å²) < 4.78 is 6.87. The molecule has 0 amide bonds. The molecular formula is C11H18N2O2. The van der Waals surface area contributed by atoms with Crippen molar-refractivity contribution in [3.8, 4) is 0 Å². The van der Waals surface area contributed by atoms with Crippen molar-refractivity contribution in [2.45, 2.75) is 39.7 Å². The van der Waals surface area contributed by atoms with Crippen LogP contribution < -0.4 is 0 Å². The van der Waals surface area contributed by atoms with Gasteiger partial charge in [0.15, 0.2) is 0 Å². The number of esters is 1. The van der Waals surface area contributed by atoms with Crippen molar-refractivity contribution < 1.29 is 9.53 Å². The van der Waals surface area contributed by atoms with Crippen LogP contribution in [0, 0.1) is 0 Å². The molecule has 0 bridgehead atoms. The number of rotatable bonds is 5. The second kappa shape index (κ2) is 5.53. The molecule has 84 valence electrons. The second-order valence-corrected chi connectivity index (χ2v) is 3.69. The lowest BCUT2D eigenvalue weighted by molar-refractivity contribution is -0.143. The zero-order valence-corrected chi connectivity index (χ0v) is 9.56. The third-order valence-corrected chi connectivity index (χ3v) is 2.13. The van der Waals surface area contributed by atoms with Crippen LogP contribution in [0.4, 0.5) is 0 Å².